The molecule has 0 saturated heterocycles. The molecule has 0 spiro atoms. The Kier molecular flexibility index (Phi) is 9.06. The highest BCUT2D eigenvalue weighted by atomic mass is 127. The number of rotatable bonds is 8. The van der Waals surface area contributed by atoms with Gasteiger partial charge in [-0.1, -0.05) is 17.4 Å². The largest absolute Gasteiger partial charge is 0.487 e. The standard InChI is InChI=1S/C28H21I2N3O6S2/c1-3-38-27(35)23-15(2)31-28-32(24(23)21-5-4-10-40-21)26(34)22(41-28)13-17-11-19(29)25(20(30)12-17)39-14-16-6-8-18(9-7-16)33(36)37/h4-13,24H,3,14H2,1-2H3/b22-13-/t24-/m1/s1. The number of esters is 1. The number of aromatic nitrogens is 1. The summed E-state index contributed by atoms with van der Waals surface area (Å²) in [6, 6.07) is 13.3. The van der Waals surface area contributed by atoms with Crippen LogP contribution in [0.4, 0.5) is 5.69 Å². The molecular weight excluding hydrogens is 792 g/mol. The van der Waals surface area contributed by atoms with E-state index in [0.717, 1.165) is 23.1 Å². The number of nitro benzene ring substituents is 1. The molecule has 9 nitrogen and oxygen atoms in total. The summed E-state index contributed by atoms with van der Waals surface area (Å²) in [4.78, 5) is 43.1. The fraction of sp³-hybridized carbons (Fsp3) is 0.179. The van der Waals surface area contributed by atoms with E-state index < -0.39 is 16.9 Å². The van der Waals surface area contributed by atoms with Gasteiger partial charge in [-0.3, -0.25) is 19.5 Å². The highest BCUT2D eigenvalue weighted by molar-refractivity contribution is 14.1. The number of nitrogens with zero attached hydrogens (tertiary/aromatic N) is 3. The SMILES string of the molecule is CCOC(=O)C1=C(C)N=c2s/c(=C\c3cc(I)c(OCc4ccc([N+](=O)[O-])cc4)c(I)c3)c(=O)n2[C@@H]1c1cccs1. The minimum Gasteiger partial charge on any atom is -0.487 e. The summed E-state index contributed by atoms with van der Waals surface area (Å²) in [5, 5.41) is 12.8. The Balaban J connectivity index is 1.48. The van der Waals surface area contributed by atoms with Crippen molar-refractivity contribution in [1.29, 1.82) is 0 Å². The second kappa shape index (κ2) is 12.5. The molecule has 0 bridgehead atoms. The number of allylic oxidation sites excluding steroid dienone is 1. The monoisotopic (exact) mass is 813 g/mol. The molecule has 0 radical (unpaired) electrons. The van der Waals surface area contributed by atoms with Crippen molar-refractivity contribution in [3.05, 3.63) is 118 Å². The molecule has 0 aliphatic carbocycles. The topological polar surface area (TPSA) is 113 Å². The minimum atomic E-state index is -0.608. The van der Waals surface area contributed by atoms with E-state index in [-0.39, 0.29) is 24.5 Å². The number of carbonyl (C=O) groups is 1. The second-order valence-electron chi connectivity index (χ2n) is 8.84. The van der Waals surface area contributed by atoms with Crippen LogP contribution in [-0.4, -0.2) is 22.1 Å². The molecule has 5 rings (SSSR count). The molecule has 2 aromatic carbocycles. The average Bonchev–Trinajstić information content (AvgIpc) is 3.56. The first kappa shape index (κ1) is 29.6. The lowest BCUT2D eigenvalue weighted by molar-refractivity contribution is -0.384. The summed E-state index contributed by atoms with van der Waals surface area (Å²) in [7, 11) is 0. The van der Waals surface area contributed by atoms with Crippen molar-refractivity contribution in [2.24, 2.45) is 4.99 Å². The van der Waals surface area contributed by atoms with E-state index in [2.05, 4.69) is 50.2 Å². The van der Waals surface area contributed by atoms with Crippen LogP contribution in [0, 0.1) is 17.3 Å². The Morgan fingerprint density at radius 3 is 2.51 bits per heavy atom. The third kappa shape index (κ3) is 6.17. The zero-order valence-corrected chi connectivity index (χ0v) is 27.6. The summed E-state index contributed by atoms with van der Waals surface area (Å²) < 4.78 is 15.2. The molecule has 4 aromatic rings. The maximum Gasteiger partial charge on any atom is 0.338 e. The molecule has 0 unspecified atom stereocenters. The van der Waals surface area contributed by atoms with Gasteiger partial charge in [0, 0.05) is 17.0 Å². The minimum absolute atomic E-state index is 0.0292. The van der Waals surface area contributed by atoms with Crippen LogP contribution in [-0.2, 0) is 16.1 Å². The Morgan fingerprint density at radius 2 is 1.90 bits per heavy atom. The lowest BCUT2D eigenvalue weighted by Gasteiger charge is -2.23. The molecule has 1 atom stereocenters. The van der Waals surface area contributed by atoms with Gasteiger partial charge in [0.25, 0.3) is 11.2 Å². The van der Waals surface area contributed by atoms with E-state index in [4.69, 9.17) is 9.47 Å². The summed E-state index contributed by atoms with van der Waals surface area (Å²) in [6.45, 7) is 4.00. The first-order valence-electron chi connectivity index (χ1n) is 12.3. The van der Waals surface area contributed by atoms with Crippen molar-refractivity contribution >= 4 is 85.6 Å². The van der Waals surface area contributed by atoms with Crippen molar-refractivity contribution in [3.63, 3.8) is 0 Å². The molecule has 0 N–H and O–H groups in total. The van der Waals surface area contributed by atoms with E-state index in [1.165, 1.54) is 34.8 Å². The van der Waals surface area contributed by atoms with Crippen LogP contribution in [0.2, 0.25) is 0 Å². The molecule has 3 heterocycles. The molecule has 210 valence electrons. The number of hydrogen-bond acceptors (Lipinski definition) is 9. The molecule has 2 aromatic heterocycles. The number of carbonyl (C=O) groups excluding carboxylic acids is 1. The quantitative estimate of drug-likeness (QED) is 0.0998. The van der Waals surface area contributed by atoms with E-state index >= 15 is 0 Å². The maximum absolute atomic E-state index is 13.8. The fourth-order valence-corrected chi connectivity index (χ4v) is 8.33. The van der Waals surface area contributed by atoms with Gasteiger partial charge in [0.05, 0.1) is 34.5 Å². The molecule has 1 aliphatic rings. The van der Waals surface area contributed by atoms with Crippen LogP contribution in [0.1, 0.15) is 35.9 Å². The van der Waals surface area contributed by atoms with Crippen molar-refractivity contribution in [2.75, 3.05) is 6.61 Å². The number of nitro groups is 1. The summed E-state index contributed by atoms with van der Waals surface area (Å²) in [6.07, 6.45) is 1.82. The van der Waals surface area contributed by atoms with Gasteiger partial charge < -0.3 is 9.47 Å². The van der Waals surface area contributed by atoms with E-state index in [0.29, 0.717) is 26.4 Å². The van der Waals surface area contributed by atoms with Crippen LogP contribution in [0.15, 0.2) is 75.0 Å². The van der Waals surface area contributed by atoms with Crippen molar-refractivity contribution < 1.29 is 19.2 Å². The number of fused-ring (bicyclic) bond motifs is 1. The third-order valence-corrected chi connectivity index (χ3v) is 9.69. The molecule has 41 heavy (non-hydrogen) atoms. The van der Waals surface area contributed by atoms with E-state index in [9.17, 15) is 19.7 Å². The number of benzene rings is 2. The van der Waals surface area contributed by atoms with Gasteiger partial charge in [-0.05, 0) is 112 Å². The zero-order valence-electron chi connectivity index (χ0n) is 21.6. The molecule has 0 fully saturated rings. The first-order chi connectivity index (χ1) is 19.7. The molecule has 1 aliphatic heterocycles. The normalized spacial score (nSPS) is 14.9. The predicted molar refractivity (Wildman–Crippen MR) is 174 cm³/mol. The van der Waals surface area contributed by atoms with Crippen molar-refractivity contribution in [2.45, 2.75) is 26.5 Å². The maximum atomic E-state index is 13.8. The molecule has 13 heteroatoms. The van der Waals surface area contributed by atoms with Gasteiger partial charge in [-0.2, -0.15) is 0 Å². The van der Waals surface area contributed by atoms with Crippen LogP contribution in [0.5, 0.6) is 5.75 Å². The van der Waals surface area contributed by atoms with E-state index in [1.54, 1.807) is 30.5 Å². The van der Waals surface area contributed by atoms with Gasteiger partial charge in [-0.25, -0.2) is 9.79 Å². The van der Waals surface area contributed by atoms with Crippen LogP contribution in [0.3, 0.4) is 0 Å². The van der Waals surface area contributed by atoms with Crippen LogP contribution >= 0.6 is 67.9 Å². The smallest absolute Gasteiger partial charge is 0.338 e. The van der Waals surface area contributed by atoms with Crippen molar-refractivity contribution in [1.82, 2.24) is 4.57 Å². The molecule has 0 amide bonds. The third-order valence-electron chi connectivity index (χ3n) is 6.18. The van der Waals surface area contributed by atoms with Crippen molar-refractivity contribution in [3.8, 4) is 5.75 Å². The van der Waals surface area contributed by atoms with Crippen LogP contribution in [0.25, 0.3) is 6.08 Å². The Labute approximate surface area is 269 Å². The van der Waals surface area contributed by atoms with Gasteiger partial charge >= 0.3 is 5.97 Å². The number of thiophene rings is 1. The van der Waals surface area contributed by atoms with Gasteiger partial charge in [0.15, 0.2) is 4.80 Å². The summed E-state index contributed by atoms with van der Waals surface area (Å²) in [5.74, 6) is 0.213. The highest BCUT2D eigenvalue weighted by Gasteiger charge is 2.33. The summed E-state index contributed by atoms with van der Waals surface area (Å²) in [5.41, 5.74) is 2.33. The highest BCUT2D eigenvalue weighted by Crippen LogP contribution is 2.33. The Morgan fingerprint density at radius 1 is 1.20 bits per heavy atom. The lowest BCUT2D eigenvalue weighted by Crippen LogP contribution is -2.39. The number of hydrogen-bond donors (Lipinski definition) is 0. The first-order valence-corrected chi connectivity index (χ1v) is 16.1. The lowest BCUT2D eigenvalue weighted by atomic mass is 10.0. The fourth-order valence-electron chi connectivity index (χ4n) is 4.33. The zero-order chi connectivity index (χ0) is 29.3. The Bertz CT molecular complexity index is 1840. The Hall–Kier alpha value is -2.89. The van der Waals surface area contributed by atoms with Gasteiger partial charge in [0.1, 0.15) is 18.4 Å². The van der Waals surface area contributed by atoms with Crippen LogP contribution < -0.4 is 19.6 Å². The predicted octanol–water partition coefficient (Wildman–Crippen LogP) is 5.56. The number of halogens is 2. The second-order valence-corrected chi connectivity index (χ2v) is 13.2. The number of non-ortho nitro benzene ring substituents is 1. The number of thiazole rings is 1. The van der Waals surface area contributed by atoms with Gasteiger partial charge in [0.2, 0.25) is 0 Å². The molecular formula is C28H21I2N3O6S2. The van der Waals surface area contributed by atoms with Gasteiger partial charge in [-0.15, -0.1) is 11.3 Å². The summed E-state index contributed by atoms with van der Waals surface area (Å²) >= 11 is 7.14. The average molecular weight is 813 g/mol. The number of ether oxygens (including phenoxy) is 2. The molecule has 0 saturated carbocycles. The van der Waals surface area contributed by atoms with E-state index in [1.807, 2.05) is 35.7 Å².